The second-order valence-corrected chi connectivity index (χ2v) is 6.13. The van der Waals surface area contributed by atoms with E-state index < -0.39 is 0 Å². The van der Waals surface area contributed by atoms with E-state index in [1.54, 1.807) is 18.4 Å². The molecule has 25 heavy (non-hydrogen) atoms. The number of fused-ring (bicyclic) bond motifs is 1. The number of thiazole rings is 1. The van der Waals surface area contributed by atoms with Crippen molar-refractivity contribution in [1.82, 2.24) is 20.0 Å². The third kappa shape index (κ3) is 8.34. The maximum atomic E-state index is 5.52. The van der Waals surface area contributed by atoms with E-state index in [4.69, 9.17) is 9.47 Å². The van der Waals surface area contributed by atoms with Crippen molar-refractivity contribution < 1.29 is 9.47 Å². The Hall–Kier alpha value is -0.910. The summed E-state index contributed by atoms with van der Waals surface area (Å²) in [5.41, 5.74) is 0.991. The fraction of sp³-hybridized carbons (Fsp3) is 0.625. The van der Waals surface area contributed by atoms with Crippen molar-refractivity contribution in [2.45, 2.75) is 26.3 Å². The van der Waals surface area contributed by atoms with Crippen molar-refractivity contribution in [3.05, 3.63) is 23.5 Å². The summed E-state index contributed by atoms with van der Waals surface area (Å²) in [6, 6.07) is 0. The molecule has 2 aromatic rings. The number of hydrogen-bond acceptors (Lipinski definition) is 5. The highest BCUT2D eigenvalue weighted by Gasteiger charge is 2.03. The number of imidazole rings is 1. The largest absolute Gasteiger partial charge is 0.379 e. The van der Waals surface area contributed by atoms with E-state index in [2.05, 4.69) is 27.5 Å². The van der Waals surface area contributed by atoms with Crippen LogP contribution in [-0.2, 0) is 16.0 Å². The van der Waals surface area contributed by atoms with E-state index in [1.165, 1.54) is 0 Å². The Kier molecular flexibility index (Phi) is 11.8. The van der Waals surface area contributed by atoms with E-state index in [9.17, 15) is 0 Å². The first-order valence-electron chi connectivity index (χ1n) is 8.34. The minimum absolute atomic E-state index is 0. The molecule has 0 fully saturated rings. The van der Waals surface area contributed by atoms with E-state index in [0.717, 1.165) is 36.1 Å². The lowest BCUT2D eigenvalue weighted by Gasteiger charge is -2.11. The zero-order valence-electron chi connectivity index (χ0n) is 14.9. The van der Waals surface area contributed by atoms with E-state index in [-0.39, 0.29) is 24.0 Å². The molecule has 2 heterocycles. The van der Waals surface area contributed by atoms with Crippen LogP contribution < -0.4 is 10.6 Å². The SMILES string of the molecule is CCCCOCCOCCNC(=NC)NCc1cn2ccsc2n1.I. The molecule has 2 N–H and O–H groups in total. The van der Waals surface area contributed by atoms with Gasteiger partial charge in [-0.05, 0) is 6.42 Å². The van der Waals surface area contributed by atoms with Crippen molar-refractivity contribution in [1.29, 1.82) is 0 Å². The van der Waals surface area contributed by atoms with Gasteiger partial charge < -0.3 is 20.1 Å². The molecule has 0 radical (unpaired) electrons. The summed E-state index contributed by atoms with van der Waals surface area (Å²) < 4.78 is 13.0. The molecule has 142 valence electrons. The third-order valence-electron chi connectivity index (χ3n) is 3.36. The first-order valence-corrected chi connectivity index (χ1v) is 9.22. The highest BCUT2D eigenvalue weighted by atomic mass is 127. The summed E-state index contributed by atoms with van der Waals surface area (Å²) in [7, 11) is 1.75. The molecule has 2 aromatic heterocycles. The lowest BCUT2D eigenvalue weighted by Crippen LogP contribution is -2.38. The molecule has 0 saturated heterocycles. The Labute approximate surface area is 170 Å². The van der Waals surface area contributed by atoms with Crippen LogP contribution in [0.15, 0.2) is 22.8 Å². The quantitative estimate of drug-likeness (QED) is 0.223. The fourth-order valence-corrected chi connectivity index (χ4v) is 2.79. The molecule has 0 aromatic carbocycles. The summed E-state index contributed by atoms with van der Waals surface area (Å²) in [6.07, 6.45) is 6.30. The molecule has 0 aliphatic rings. The molecule has 0 bridgehead atoms. The molecule has 9 heteroatoms. The number of guanidine groups is 1. The van der Waals surface area contributed by atoms with E-state index in [1.807, 2.05) is 22.2 Å². The number of halogens is 1. The Morgan fingerprint density at radius 2 is 2.04 bits per heavy atom. The summed E-state index contributed by atoms with van der Waals surface area (Å²) in [4.78, 5) is 9.73. The highest BCUT2D eigenvalue weighted by molar-refractivity contribution is 14.0. The van der Waals surface area contributed by atoms with Gasteiger partial charge >= 0.3 is 0 Å². The Bertz CT molecular complexity index is 588. The number of rotatable bonds is 11. The average molecular weight is 481 g/mol. The molecule has 0 spiro atoms. The third-order valence-corrected chi connectivity index (χ3v) is 4.13. The predicted octanol–water partition coefficient (Wildman–Crippen LogP) is 2.51. The summed E-state index contributed by atoms with van der Waals surface area (Å²) in [5.74, 6) is 0.745. The van der Waals surface area contributed by atoms with Crippen LogP contribution >= 0.6 is 35.3 Å². The Morgan fingerprint density at radius 3 is 2.76 bits per heavy atom. The van der Waals surface area contributed by atoms with Gasteiger partial charge in [0.05, 0.1) is 32.1 Å². The summed E-state index contributed by atoms with van der Waals surface area (Å²) >= 11 is 1.63. The zero-order valence-corrected chi connectivity index (χ0v) is 18.0. The van der Waals surface area contributed by atoms with E-state index in [0.29, 0.717) is 32.9 Å². The van der Waals surface area contributed by atoms with Gasteiger partial charge in [0, 0.05) is 38.0 Å². The molecule has 7 nitrogen and oxygen atoms in total. The minimum atomic E-state index is 0. The highest BCUT2D eigenvalue weighted by Crippen LogP contribution is 2.10. The summed E-state index contributed by atoms with van der Waals surface area (Å²) in [6.45, 7) is 6.22. The minimum Gasteiger partial charge on any atom is -0.379 e. The van der Waals surface area contributed by atoms with Crippen molar-refractivity contribution in [3.8, 4) is 0 Å². The van der Waals surface area contributed by atoms with Gasteiger partial charge in [-0.3, -0.25) is 9.39 Å². The predicted molar refractivity (Wildman–Crippen MR) is 113 cm³/mol. The van der Waals surface area contributed by atoms with Crippen LogP contribution in [0.5, 0.6) is 0 Å². The molecular weight excluding hydrogens is 453 g/mol. The van der Waals surface area contributed by atoms with Crippen LogP contribution in [0.3, 0.4) is 0 Å². The molecule has 0 atom stereocenters. The van der Waals surface area contributed by atoms with Crippen LogP contribution in [0.4, 0.5) is 0 Å². The zero-order chi connectivity index (χ0) is 17.0. The second-order valence-electron chi connectivity index (χ2n) is 5.26. The van der Waals surface area contributed by atoms with Crippen molar-refractivity contribution >= 4 is 46.2 Å². The number of ether oxygens (including phenoxy) is 2. The van der Waals surface area contributed by atoms with Crippen LogP contribution in [0.25, 0.3) is 4.96 Å². The van der Waals surface area contributed by atoms with Gasteiger partial charge in [0.1, 0.15) is 0 Å². The van der Waals surface area contributed by atoms with Crippen molar-refractivity contribution in [2.24, 2.45) is 4.99 Å². The van der Waals surface area contributed by atoms with Gasteiger partial charge in [-0.25, -0.2) is 4.98 Å². The van der Waals surface area contributed by atoms with E-state index >= 15 is 0 Å². The summed E-state index contributed by atoms with van der Waals surface area (Å²) in [5, 5.41) is 8.49. The Morgan fingerprint density at radius 1 is 1.24 bits per heavy atom. The van der Waals surface area contributed by atoms with Crippen LogP contribution in [0.1, 0.15) is 25.5 Å². The molecule has 0 aliphatic carbocycles. The molecule has 0 unspecified atom stereocenters. The van der Waals surface area contributed by atoms with Crippen molar-refractivity contribution in [2.75, 3.05) is 40.0 Å². The first kappa shape index (κ1) is 22.1. The fourth-order valence-electron chi connectivity index (χ4n) is 2.07. The van der Waals surface area contributed by atoms with Gasteiger partial charge in [0.2, 0.25) is 0 Å². The standard InChI is InChI=1S/C16H27N5O2S.HI/c1-3-4-7-22-9-10-23-8-5-18-15(17-2)19-12-14-13-21-6-11-24-16(21)20-14;/h6,11,13H,3-5,7-10,12H2,1-2H3,(H2,17,18,19);1H. The van der Waals surface area contributed by atoms with Crippen LogP contribution in [0.2, 0.25) is 0 Å². The first-order chi connectivity index (χ1) is 11.8. The molecule has 2 rings (SSSR count). The van der Waals surface area contributed by atoms with Gasteiger partial charge in [-0.2, -0.15) is 0 Å². The number of aromatic nitrogens is 2. The van der Waals surface area contributed by atoms with Crippen LogP contribution in [0, 0.1) is 0 Å². The number of unbranched alkanes of at least 4 members (excludes halogenated alkanes) is 1. The normalized spacial score (nSPS) is 11.5. The molecule has 0 amide bonds. The molecule has 0 aliphatic heterocycles. The smallest absolute Gasteiger partial charge is 0.193 e. The van der Waals surface area contributed by atoms with Gasteiger partial charge in [0.15, 0.2) is 10.9 Å². The van der Waals surface area contributed by atoms with Crippen LogP contribution in [-0.4, -0.2) is 55.4 Å². The number of nitrogens with zero attached hydrogens (tertiary/aromatic N) is 3. The topological polar surface area (TPSA) is 72.2 Å². The lowest BCUT2D eigenvalue weighted by atomic mass is 10.4. The number of nitrogens with one attached hydrogen (secondary N) is 2. The maximum Gasteiger partial charge on any atom is 0.193 e. The number of hydrogen-bond donors (Lipinski definition) is 2. The number of aliphatic imine (C=N–C) groups is 1. The average Bonchev–Trinajstić information content (AvgIpc) is 3.17. The second kappa shape index (κ2) is 13.3. The van der Waals surface area contributed by atoms with Crippen molar-refractivity contribution in [3.63, 3.8) is 0 Å². The molecular formula is C16H28IN5O2S. The molecule has 0 saturated carbocycles. The monoisotopic (exact) mass is 481 g/mol. The van der Waals surface area contributed by atoms with Gasteiger partial charge in [-0.15, -0.1) is 35.3 Å². The van der Waals surface area contributed by atoms with Gasteiger partial charge in [-0.1, -0.05) is 13.3 Å². The maximum absolute atomic E-state index is 5.52. The van der Waals surface area contributed by atoms with Gasteiger partial charge in [0.25, 0.3) is 0 Å². The Balaban J connectivity index is 0.00000312. The lowest BCUT2D eigenvalue weighted by molar-refractivity contribution is 0.0487.